The van der Waals surface area contributed by atoms with Crippen molar-refractivity contribution in [3.8, 4) is 0 Å². The van der Waals surface area contributed by atoms with E-state index < -0.39 is 26.0 Å². The zero-order valence-corrected chi connectivity index (χ0v) is 19.4. The molecule has 0 atom stereocenters. The van der Waals surface area contributed by atoms with Gasteiger partial charge in [0.15, 0.2) is 5.84 Å². The van der Waals surface area contributed by atoms with Crippen LogP contribution in [0.2, 0.25) is 0 Å². The highest BCUT2D eigenvalue weighted by Crippen LogP contribution is 2.22. The van der Waals surface area contributed by atoms with E-state index in [1.807, 2.05) is 30.3 Å². The molecule has 0 radical (unpaired) electrons. The lowest BCUT2D eigenvalue weighted by Gasteiger charge is -2.28. The van der Waals surface area contributed by atoms with Crippen molar-refractivity contribution < 1.29 is 21.6 Å². The van der Waals surface area contributed by atoms with Gasteiger partial charge in [0, 0.05) is 32.0 Å². The Bertz CT molecular complexity index is 1360. The van der Waals surface area contributed by atoms with Gasteiger partial charge in [0.05, 0.1) is 16.2 Å². The molecular weight excluding hydrogens is 464 g/mol. The number of carbonyl (C=O) groups excluding carboxylic acids is 1. The van der Waals surface area contributed by atoms with Gasteiger partial charge in [-0.2, -0.15) is 4.31 Å². The molecule has 0 aromatic heterocycles. The first kappa shape index (κ1) is 22.9. The second kappa shape index (κ2) is 8.93. The minimum absolute atomic E-state index is 0.0722. The van der Waals surface area contributed by atoms with E-state index in [1.54, 1.807) is 17.2 Å². The second-order valence-electron chi connectivity index (χ2n) is 7.54. The quantitative estimate of drug-likeness (QED) is 0.667. The first-order valence-corrected chi connectivity index (χ1v) is 13.1. The Kier molecular flexibility index (Phi) is 6.19. The van der Waals surface area contributed by atoms with Crippen LogP contribution in [0.25, 0.3) is 0 Å². The van der Waals surface area contributed by atoms with Gasteiger partial charge in [-0.15, -0.1) is 4.40 Å². The van der Waals surface area contributed by atoms with Crippen LogP contribution in [0.5, 0.6) is 0 Å². The summed E-state index contributed by atoms with van der Waals surface area (Å²) in [5.41, 5.74) is 1.34. The molecule has 1 N–H and O–H groups in total. The maximum Gasteiger partial charge on any atom is 0.259 e. The Balaban J connectivity index is 1.48. The molecule has 9 nitrogen and oxygen atoms in total. The number of nitrogens with one attached hydrogen (secondary N) is 1. The summed E-state index contributed by atoms with van der Waals surface area (Å²) in [6, 6.07) is 15.0. The van der Waals surface area contributed by atoms with Crippen molar-refractivity contribution in [3.05, 3.63) is 84.1 Å². The average Bonchev–Trinajstić information content (AvgIpc) is 2.79. The van der Waals surface area contributed by atoms with Gasteiger partial charge in [-0.1, -0.05) is 30.3 Å². The lowest BCUT2D eigenvalue weighted by molar-refractivity contribution is -0.112. The monoisotopic (exact) mass is 486 g/mol. The average molecular weight is 487 g/mol. The van der Waals surface area contributed by atoms with Crippen molar-refractivity contribution >= 4 is 37.5 Å². The van der Waals surface area contributed by atoms with Crippen molar-refractivity contribution in [3.63, 3.8) is 0 Å². The maximum atomic E-state index is 12.9. The number of nitrogens with zero attached hydrogens (tertiary/aromatic N) is 3. The number of benzene rings is 2. The second-order valence-corrected chi connectivity index (χ2v) is 11.3. The predicted octanol–water partition coefficient (Wildman–Crippen LogP) is 1.94. The van der Waals surface area contributed by atoms with Gasteiger partial charge in [-0.3, -0.25) is 4.79 Å². The fraction of sp³-hybridized carbons (Fsp3) is 0.182. The number of rotatable bonds is 6. The SMILES string of the molecule is CN(Cc1ccccc1)S(=O)(=O)c1ccc(NC(=O)C2=CC=CN3CCS(=O)(=O)N=C23)cc1. The van der Waals surface area contributed by atoms with E-state index in [1.165, 1.54) is 41.7 Å². The zero-order valence-electron chi connectivity index (χ0n) is 17.7. The molecule has 33 heavy (non-hydrogen) atoms. The van der Waals surface area contributed by atoms with Crippen molar-refractivity contribution in [1.82, 2.24) is 9.21 Å². The Labute approximate surface area is 192 Å². The highest BCUT2D eigenvalue weighted by molar-refractivity contribution is 7.90. The van der Waals surface area contributed by atoms with Gasteiger partial charge in [0.1, 0.15) is 0 Å². The Morgan fingerprint density at radius 2 is 1.82 bits per heavy atom. The van der Waals surface area contributed by atoms with Crippen LogP contribution in [0.4, 0.5) is 5.69 Å². The van der Waals surface area contributed by atoms with E-state index in [9.17, 15) is 21.6 Å². The van der Waals surface area contributed by atoms with E-state index in [0.717, 1.165) is 5.56 Å². The standard InChI is InChI=1S/C22H22N4O5S2/c1-25(16-17-6-3-2-4-7-17)33(30,31)19-11-9-18(10-12-19)23-22(27)20-8-5-13-26-14-15-32(28,29)24-21(20)26/h2-13H,14-16H2,1H3,(H,23,27). The third-order valence-electron chi connectivity index (χ3n) is 5.17. The number of fused-ring (bicyclic) bond motifs is 1. The van der Waals surface area contributed by atoms with Crippen LogP contribution in [-0.2, 0) is 31.4 Å². The normalized spacial score (nSPS) is 17.2. The largest absolute Gasteiger partial charge is 0.331 e. The fourth-order valence-corrected chi connectivity index (χ4v) is 5.55. The van der Waals surface area contributed by atoms with E-state index in [0.29, 0.717) is 5.69 Å². The number of amides is 1. The zero-order chi connectivity index (χ0) is 23.6. The van der Waals surface area contributed by atoms with Crippen LogP contribution >= 0.6 is 0 Å². The van der Waals surface area contributed by atoms with Crippen LogP contribution in [0.3, 0.4) is 0 Å². The number of carbonyl (C=O) groups is 1. The summed E-state index contributed by atoms with van der Waals surface area (Å²) in [7, 11) is -5.84. The molecule has 4 rings (SSSR count). The van der Waals surface area contributed by atoms with Crippen molar-refractivity contribution in [2.24, 2.45) is 4.40 Å². The minimum Gasteiger partial charge on any atom is -0.331 e. The van der Waals surface area contributed by atoms with Crippen molar-refractivity contribution in [1.29, 1.82) is 0 Å². The van der Waals surface area contributed by atoms with E-state index in [4.69, 9.17) is 0 Å². The smallest absolute Gasteiger partial charge is 0.259 e. The topological polar surface area (TPSA) is 116 Å². The van der Waals surface area contributed by atoms with Crippen LogP contribution in [-0.4, -0.2) is 57.1 Å². The summed E-state index contributed by atoms with van der Waals surface area (Å²) in [5.74, 6) is -0.593. The lowest BCUT2D eigenvalue weighted by Crippen LogP contribution is -2.40. The molecule has 2 aromatic rings. The molecule has 0 aliphatic carbocycles. The van der Waals surface area contributed by atoms with Gasteiger partial charge < -0.3 is 10.2 Å². The summed E-state index contributed by atoms with van der Waals surface area (Å²) in [6.45, 7) is 0.441. The molecule has 0 spiro atoms. The number of anilines is 1. The van der Waals surface area contributed by atoms with Gasteiger partial charge in [-0.05, 0) is 42.0 Å². The highest BCUT2D eigenvalue weighted by Gasteiger charge is 2.30. The number of sulfonamides is 2. The molecule has 172 valence electrons. The number of hydrogen-bond donors (Lipinski definition) is 1. The third kappa shape index (κ3) is 5.05. The Morgan fingerprint density at radius 3 is 2.52 bits per heavy atom. The van der Waals surface area contributed by atoms with Crippen molar-refractivity contribution in [2.75, 3.05) is 24.7 Å². The molecule has 0 saturated carbocycles. The minimum atomic E-state index is -3.72. The summed E-state index contributed by atoms with van der Waals surface area (Å²) in [4.78, 5) is 14.5. The van der Waals surface area contributed by atoms with Gasteiger partial charge in [0.25, 0.3) is 15.9 Å². The molecule has 0 fully saturated rings. The predicted molar refractivity (Wildman–Crippen MR) is 125 cm³/mol. The first-order chi connectivity index (χ1) is 15.7. The van der Waals surface area contributed by atoms with E-state index in [2.05, 4.69) is 9.71 Å². The van der Waals surface area contributed by atoms with E-state index >= 15 is 0 Å². The van der Waals surface area contributed by atoms with Crippen molar-refractivity contribution in [2.45, 2.75) is 11.4 Å². The highest BCUT2D eigenvalue weighted by atomic mass is 32.2. The van der Waals surface area contributed by atoms with Gasteiger partial charge in [0.2, 0.25) is 10.0 Å². The lowest BCUT2D eigenvalue weighted by atomic mass is 10.1. The Hall–Kier alpha value is -3.28. The fourth-order valence-electron chi connectivity index (χ4n) is 3.41. The summed E-state index contributed by atoms with van der Waals surface area (Å²) >= 11 is 0. The number of hydrogen-bond acceptors (Lipinski definition) is 6. The first-order valence-electron chi connectivity index (χ1n) is 10.1. The molecule has 0 unspecified atom stereocenters. The summed E-state index contributed by atoms with van der Waals surface area (Å²) in [6.07, 6.45) is 4.79. The molecule has 2 aliphatic heterocycles. The molecule has 11 heteroatoms. The van der Waals surface area contributed by atoms with Crippen LogP contribution in [0.15, 0.2) is 87.8 Å². The maximum absolute atomic E-state index is 12.9. The summed E-state index contributed by atoms with van der Waals surface area (Å²) in [5, 5.41) is 2.67. The molecular formula is C22H22N4O5S2. The third-order valence-corrected chi connectivity index (χ3v) is 8.14. The molecule has 2 aromatic carbocycles. The molecule has 1 amide bonds. The Morgan fingerprint density at radius 1 is 1.12 bits per heavy atom. The molecule has 0 bridgehead atoms. The number of allylic oxidation sites excluding steroid dienone is 2. The summed E-state index contributed by atoms with van der Waals surface area (Å²) < 4.78 is 54.5. The van der Waals surface area contributed by atoms with Crippen LogP contribution in [0.1, 0.15) is 5.56 Å². The van der Waals surface area contributed by atoms with E-state index in [-0.39, 0.29) is 35.1 Å². The molecule has 2 heterocycles. The van der Waals surface area contributed by atoms with Gasteiger partial charge in [-0.25, -0.2) is 16.8 Å². The molecule has 2 aliphatic rings. The van der Waals surface area contributed by atoms with Crippen LogP contribution in [0, 0.1) is 0 Å². The number of amidine groups is 1. The van der Waals surface area contributed by atoms with Crippen LogP contribution < -0.4 is 5.32 Å². The van der Waals surface area contributed by atoms with Gasteiger partial charge >= 0.3 is 0 Å². The molecule has 0 saturated heterocycles.